The van der Waals surface area contributed by atoms with Gasteiger partial charge < -0.3 is 15.4 Å². The Morgan fingerprint density at radius 1 is 1.56 bits per heavy atom. The van der Waals surface area contributed by atoms with Crippen LogP contribution >= 0.6 is 12.4 Å². The monoisotopic (exact) mass is 250 g/mol. The third kappa shape index (κ3) is 3.92. The minimum absolute atomic E-state index is 0. The molecule has 1 fully saturated rings. The molecule has 0 aromatic carbocycles. The van der Waals surface area contributed by atoms with Crippen molar-refractivity contribution in [1.29, 1.82) is 0 Å². The number of hydrogen-bond donors (Lipinski definition) is 1. The number of amides is 1. The third-order valence-electron chi connectivity index (χ3n) is 3.11. The number of hydrogen-bond acceptors (Lipinski definition) is 3. The summed E-state index contributed by atoms with van der Waals surface area (Å²) in [5.74, 6) is 0.107. The van der Waals surface area contributed by atoms with Gasteiger partial charge in [-0.25, -0.2) is 0 Å². The van der Waals surface area contributed by atoms with Gasteiger partial charge in [-0.3, -0.25) is 4.79 Å². The number of methoxy groups -OCH3 is 1. The molecule has 4 nitrogen and oxygen atoms in total. The van der Waals surface area contributed by atoms with Crippen LogP contribution in [0.5, 0.6) is 0 Å². The first-order valence-electron chi connectivity index (χ1n) is 5.74. The zero-order chi connectivity index (χ0) is 11.3. The minimum Gasteiger partial charge on any atom is -0.372 e. The Morgan fingerprint density at radius 2 is 2.25 bits per heavy atom. The van der Waals surface area contributed by atoms with E-state index in [1.165, 1.54) is 6.42 Å². The summed E-state index contributed by atoms with van der Waals surface area (Å²) in [6, 6.07) is 0.328. The zero-order valence-corrected chi connectivity index (χ0v) is 11.0. The Kier molecular flexibility index (Phi) is 7.72. The Balaban J connectivity index is 0.00000225. The molecule has 0 aromatic heterocycles. The van der Waals surface area contributed by atoms with E-state index in [0.29, 0.717) is 12.6 Å². The Bertz CT molecular complexity index is 212. The molecule has 2 unspecified atom stereocenters. The second-order valence-electron chi connectivity index (χ2n) is 4.14. The summed E-state index contributed by atoms with van der Waals surface area (Å²) in [4.78, 5) is 13.9. The van der Waals surface area contributed by atoms with Gasteiger partial charge in [-0.1, -0.05) is 0 Å². The van der Waals surface area contributed by atoms with Crippen LogP contribution in [0.4, 0.5) is 0 Å². The normalized spacial score (nSPS) is 22.4. The van der Waals surface area contributed by atoms with Gasteiger partial charge in [-0.15, -0.1) is 12.4 Å². The summed E-state index contributed by atoms with van der Waals surface area (Å²) in [5.41, 5.74) is 5.56. The van der Waals surface area contributed by atoms with Gasteiger partial charge in [0.05, 0.1) is 0 Å². The van der Waals surface area contributed by atoms with E-state index in [1.807, 2.05) is 4.90 Å². The van der Waals surface area contributed by atoms with Gasteiger partial charge in [0.2, 0.25) is 0 Å². The summed E-state index contributed by atoms with van der Waals surface area (Å²) >= 11 is 0. The van der Waals surface area contributed by atoms with Gasteiger partial charge in [0.1, 0.15) is 6.10 Å². The van der Waals surface area contributed by atoms with Crippen LogP contribution in [0.3, 0.4) is 0 Å². The molecule has 0 aliphatic carbocycles. The molecule has 0 aromatic rings. The quantitative estimate of drug-likeness (QED) is 0.815. The van der Waals surface area contributed by atoms with Crippen LogP contribution in [0, 0.1) is 0 Å². The number of piperidine rings is 1. The van der Waals surface area contributed by atoms with E-state index in [2.05, 4.69) is 0 Å². The van der Waals surface area contributed by atoms with Crippen molar-refractivity contribution in [3.8, 4) is 0 Å². The van der Waals surface area contributed by atoms with Gasteiger partial charge in [-0.2, -0.15) is 0 Å². The van der Waals surface area contributed by atoms with Crippen molar-refractivity contribution in [2.45, 2.75) is 44.8 Å². The second-order valence-corrected chi connectivity index (χ2v) is 4.14. The highest BCUT2D eigenvalue weighted by Gasteiger charge is 2.28. The molecule has 2 atom stereocenters. The van der Waals surface area contributed by atoms with Gasteiger partial charge in [0, 0.05) is 19.7 Å². The van der Waals surface area contributed by atoms with Crippen LogP contribution in [0.15, 0.2) is 0 Å². The summed E-state index contributed by atoms with van der Waals surface area (Å²) in [5, 5.41) is 0. The van der Waals surface area contributed by atoms with Crippen molar-refractivity contribution < 1.29 is 9.53 Å². The van der Waals surface area contributed by atoms with Gasteiger partial charge in [0.25, 0.3) is 5.91 Å². The fourth-order valence-corrected chi connectivity index (χ4v) is 2.12. The van der Waals surface area contributed by atoms with E-state index in [0.717, 1.165) is 25.8 Å². The van der Waals surface area contributed by atoms with Crippen LogP contribution < -0.4 is 5.73 Å². The SMILES string of the molecule is COC(C)C(=O)N1CCCCC1CCN.Cl. The lowest BCUT2D eigenvalue weighted by atomic mass is 9.99. The van der Waals surface area contributed by atoms with Crippen molar-refractivity contribution in [3.63, 3.8) is 0 Å². The molecule has 1 aliphatic rings. The number of likely N-dealkylation sites (tertiary alicyclic amines) is 1. The minimum atomic E-state index is -0.330. The fraction of sp³-hybridized carbons (Fsp3) is 0.909. The topological polar surface area (TPSA) is 55.6 Å². The number of halogens is 1. The molecule has 1 amide bonds. The highest BCUT2D eigenvalue weighted by molar-refractivity contribution is 5.85. The number of carbonyl (C=O) groups is 1. The lowest BCUT2D eigenvalue weighted by molar-refractivity contribution is -0.144. The number of rotatable bonds is 4. The molecule has 1 aliphatic heterocycles. The largest absolute Gasteiger partial charge is 0.372 e. The molecular formula is C11H23ClN2O2. The van der Waals surface area contributed by atoms with Crippen LogP contribution in [-0.4, -0.2) is 43.2 Å². The summed E-state index contributed by atoms with van der Waals surface area (Å²) in [6.45, 7) is 3.31. The molecule has 1 saturated heterocycles. The standard InChI is InChI=1S/C11H22N2O2.ClH/c1-9(15-2)11(14)13-8-4-3-5-10(13)6-7-12;/h9-10H,3-8,12H2,1-2H3;1H. The van der Waals surface area contributed by atoms with Crippen LogP contribution in [-0.2, 0) is 9.53 Å². The Labute approximate surface area is 104 Å². The first kappa shape index (κ1) is 15.7. The van der Waals surface area contributed by atoms with E-state index >= 15 is 0 Å². The zero-order valence-electron chi connectivity index (χ0n) is 10.1. The highest BCUT2D eigenvalue weighted by Crippen LogP contribution is 2.20. The highest BCUT2D eigenvalue weighted by atomic mass is 35.5. The lowest BCUT2D eigenvalue weighted by Gasteiger charge is -2.37. The molecule has 0 bridgehead atoms. The molecular weight excluding hydrogens is 228 g/mol. The second kappa shape index (κ2) is 7.87. The van der Waals surface area contributed by atoms with Crippen molar-refractivity contribution in [1.82, 2.24) is 4.90 Å². The van der Waals surface area contributed by atoms with Crippen molar-refractivity contribution in [3.05, 3.63) is 0 Å². The predicted molar refractivity (Wildman–Crippen MR) is 66.7 cm³/mol. The number of carbonyl (C=O) groups excluding carboxylic acids is 1. The summed E-state index contributed by atoms with van der Waals surface area (Å²) in [7, 11) is 1.57. The molecule has 2 N–H and O–H groups in total. The maximum Gasteiger partial charge on any atom is 0.251 e. The Morgan fingerprint density at radius 3 is 2.81 bits per heavy atom. The molecule has 16 heavy (non-hydrogen) atoms. The molecule has 0 spiro atoms. The smallest absolute Gasteiger partial charge is 0.251 e. The van der Waals surface area contributed by atoms with Gasteiger partial charge in [0.15, 0.2) is 0 Å². The number of nitrogens with zero attached hydrogens (tertiary/aromatic N) is 1. The molecule has 5 heteroatoms. The maximum atomic E-state index is 12.0. The molecule has 1 rings (SSSR count). The van der Waals surface area contributed by atoms with Crippen molar-refractivity contribution >= 4 is 18.3 Å². The molecule has 0 saturated carbocycles. The Hall–Kier alpha value is -0.320. The van der Waals surface area contributed by atoms with E-state index < -0.39 is 0 Å². The number of ether oxygens (including phenoxy) is 1. The summed E-state index contributed by atoms with van der Waals surface area (Å²) in [6.07, 6.45) is 3.96. The predicted octanol–water partition coefficient (Wildman–Crippen LogP) is 1.17. The van der Waals surface area contributed by atoms with E-state index in [4.69, 9.17) is 10.5 Å². The molecule has 96 valence electrons. The average molecular weight is 251 g/mol. The van der Waals surface area contributed by atoms with Crippen LogP contribution in [0.2, 0.25) is 0 Å². The van der Waals surface area contributed by atoms with E-state index in [1.54, 1.807) is 14.0 Å². The first-order valence-corrected chi connectivity index (χ1v) is 5.74. The maximum absolute atomic E-state index is 12.0. The third-order valence-corrected chi connectivity index (χ3v) is 3.11. The van der Waals surface area contributed by atoms with E-state index in [9.17, 15) is 4.79 Å². The van der Waals surface area contributed by atoms with Crippen LogP contribution in [0.25, 0.3) is 0 Å². The fourth-order valence-electron chi connectivity index (χ4n) is 2.12. The summed E-state index contributed by atoms with van der Waals surface area (Å²) < 4.78 is 5.07. The van der Waals surface area contributed by atoms with E-state index in [-0.39, 0.29) is 24.4 Å². The first-order chi connectivity index (χ1) is 7.20. The average Bonchev–Trinajstić information content (AvgIpc) is 2.28. The van der Waals surface area contributed by atoms with Gasteiger partial charge >= 0.3 is 0 Å². The van der Waals surface area contributed by atoms with Gasteiger partial charge in [-0.05, 0) is 39.2 Å². The van der Waals surface area contributed by atoms with Crippen LogP contribution in [0.1, 0.15) is 32.6 Å². The molecule has 0 radical (unpaired) electrons. The van der Waals surface area contributed by atoms with Crippen molar-refractivity contribution in [2.24, 2.45) is 5.73 Å². The lowest BCUT2D eigenvalue weighted by Crippen LogP contribution is -2.48. The number of nitrogens with two attached hydrogens (primary N) is 1. The molecule has 1 heterocycles. The van der Waals surface area contributed by atoms with Crippen molar-refractivity contribution in [2.75, 3.05) is 20.2 Å².